The van der Waals surface area contributed by atoms with Crippen LogP contribution in [0.4, 0.5) is 0 Å². The van der Waals surface area contributed by atoms with Gasteiger partial charge in [-0.05, 0) is 13.3 Å². The number of ether oxygens (including phenoxy) is 1. The zero-order chi connectivity index (χ0) is 9.11. The van der Waals surface area contributed by atoms with Crippen molar-refractivity contribution in [1.29, 1.82) is 0 Å². The summed E-state index contributed by atoms with van der Waals surface area (Å²) in [5.74, 6) is 0. The second-order valence-corrected chi connectivity index (χ2v) is 2.90. The van der Waals surface area contributed by atoms with E-state index in [-0.39, 0.29) is 0 Å². The molecule has 0 aliphatic rings. The second-order valence-electron chi connectivity index (χ2n) is 2.90. The summed E-state index contributed by atoms with van der Waals surface area (Å²) < 4.78 is 5.05. The lowest BCUT2D eigenvalue weighted by Gasteiger charge is -2.06. The fourth-order valence-electron chi connectivity index (χ4n) is 0.609. The molecule has 1 nitrogen and oxygen atoms in total. The van der Waals surface area contributed by atoms with Crippen molar-refractivity contribution >= 4 is 0 Å². The smallest absolute Gasteiger partial charge is 0.0543 e. The molecule has 0 aromatic heterocycles. The Balaban J connectivity index is 0. The standard InChI is InChI=1S/C7H16O.C3H8/c1-4-5-6-7(2)8-3;1-3-2/h7H,4-6H2,1-3H3;3H2,1-2H3. The van der Waals surface area contributed by atoms with E-state index in [9.17, 15) is 0 Å². The van der Waals surface area contributed by atoms with Crippen LogP contribution in [-0.4, -0.2) is 13.2 Å². The zero-order valence-corrected chi connectivity index (χ0v) is 8.81. The molecule has 0 bridgehead atoms. The molecule has 1 atom stereocenters. The van der Waals surface area contributed by atoms with Crippen LogP contribution in [0.15, 0.2) is 0 Å². The van der Waals surface area contributed by atoms with Crippen molar-refractivity contribution < 1.29 is 4.74 Å². The minimum atomic E-state index is 0.454. The number of methoxy groups -OCH3 is 1. The highest BCUT2D eigenvalue weighted by atomic mass is 16.5. The average molecular weight is 160 g/mol. The Kier molecular flexibility index (Phi) is 15.5. The Hall–Kier alpha value is -0.0400. The number of unbranched alkanes of at least 4 members (excludes halogenated alkanes) is 1. The largest absolute Gasteiger partial charge is 0.382 e. The topological polar surface area (TPSA) is 9.23 Å². The van der Waals surface area contributed by atoms with Gasteiger partial charge in [-0.3, -0.25) is 0 Å². The summed E-state index contributed by atoms with van der Waals surface area (Å²) in [6, 6.07) is 0. The molecule has 0 saturated carbocycles. The van der Waals surface area contributed by atoms with E-state index in [4.69, 9.17) is 4.74 Å². The van der Waals surface area contributed by atoms with Crippen LogP contribution in [-0.2, 0) is 4.74 Å². The molecule has 0 aliphatic heterocycles. The molecule has 0 saturated heterocycles. The fraction of sp³-hybridized carbons (Fsp3) is 1.00. The van der Waals surface area contributed by atoms with Crippen molar-refractivity contribution in [3.8, 4) is 0 Å². The van der Waals surface area contributed by atoms with Gasteiger partial charge < -0.3 is 4.74 Å². The third kappa shape index (κ3) is 17.8. The van der Waals surface area contributed by atoms with Gasteiger partial charge in [0.05, 0.1) is 6.10 Å². The molecule has 70 valence electrons. The van der Waals surface area contributed by atoms with Gasteiger partial charge in [0.15, 0.2) is 0 Å². The van der Waals surface area contributed by atoms with Crippen LogP contribution in [0.3, 0.4) is 0 Å². The highest BCUT2D eigenvalue weighted by Crippen LogP contribution is 2.01. The van der Waals surface area contributed by atoms with E-state index >= 15 is 0 Å². The summed E-state index contributed by atoms with van der Waals surface area (Å²) in [4.78, 5) is 0. The first-order valence-electron chi connectivity index (χ1n) is 4.75. The van der Waals surface area contributed by atoms with Crippen LogP contribution in [0.5, 0.6) is 0 Å². The monoisotopic (exact) mass is 160 g/mol. The Morgan fingerprint density at radius 3 is 1.91 bits per heavy atom. The number of hydrogen-bond acceptors (Lipinski definition) is 1. The lowest BCUT2D eigenvalue weighted by Crippen LogP contribution is -2.02. The van der Waals surface area contributed by atoms with Gasteiger partial charge in [-0.15, -0.1) is 0 Å². The lowest BCUT2D eigenvalue weighted by atomic mass is 10.2. The summed E-state index contributed by atoms with van der Waals surface area (Å²) in [5.41, 5.74) is 0. The molecule has 0 N–H and O–H groups in total. The molecule has 0 aliphatic carbocycles. The SMILES string of the molecule is CCC.CCCCC(C)OC. The van der Waals surface area contributed by atoms with Crippen molar-refractivity contribution in [2.45, 2.75) is 59.5 Å². The van der Waals surface area contributed by atoms with Gasteiger partial charge in [0.1, 0.15) is 0 Å². The summed E-state index contributed by atoms with van der Waals surface area (Å²) in [5, 5.41) is 0. The maximum absolute atomic E-state index is 5.05. The minimum absolute atomic E-state index is 0.454. The lowest BCUT2D eigenvalue weighted by molar-refractivity contribution is 0.109. The van der Waals surface area contributed by atoms with Crippen LogP contribution in [0.1, 0.15) is 53.4 Å². The molecular weight excluding hydrogens is 136 g/mol. The van der Waals surface area contributed by atoms with Crippen LogP contribution >= 0.6 is 0 Å². The van der Waals surface area contributed by atoms with E-state index in [1.54, 1.807) is 7.11 Å². The van der Waals surface area contributed by atoms with E-state index < -0.39 is 0 Å². The van der Waals surface area contributed by atoms with E-state index in [1.165, 1.54) is 25.7 Å². The summed E-state index contributed by atoms with van der Waals surface area (Å²) in [6.07, 6.45) is 5.46. The summed E-state index contributed by atoms with van der Waals surface area (Å²) in [7, 11) is 1.76. The van der Waals surface area contributed by atoms with Crippen molar-refractivity contribution in [1.82, 2.24) is 0 Å². The fourth-order valence-corrected chi connectivity index (χ4v) is 0.609. The van der Waals surface area contributed by atoms with Crippen molar-refractivity contribution in [3.05, 3.63) is 0 Å². The highest BCUT2D eigenvalue weighted by Gasteiger charge is 1.94. The molecule has 0 fully saturated rings. The van der Waals surface area contributed by atoms with Gasteiger partial charge in [0, 0.05) is 7.11 Å². The Morgan fingerprint density at radius 2 is 1.64 bits per heavy atom. The molecule has 0 heterocycles. The van der Waals surface area contributed by atoms with Gasteiger partial charge in [0.25, 0.3) is 0 Å². The second kappa shape index (κ2) is 12.6. The van der Waals surface area contributed by atoms with Crippen molar-refractivity contribution in [2.24, 2.45) is 0 Å². The summed E-state index contributed by atoms with van der Waals surface area (Å²) >= 11 is 0. The molecule has 1 heteroatoms. The van der Waals surface area contributed by atoms with Crippen LogP contribution < -0.4 is 0 Å². The predicted molar refractivity (Wildman–Crippen MR) is 52.0 cm³/mol. The van der Waals surface area contributed by atoms with Gasteiger partial charge in [-0.1, -0.05) is 40.0 Å². The van der Waals surface area contributed by atoms with Gasteiger partial charge in [-0.2, -0.15) is 0 Å². The zero-order valence-electron chi connectivity index (χ0n) is 8.81. The van der Waals surface area contributed by atoms with E-state index in [0.29, 0.717) is 6.10 Å². The molecule has 1 unspecified atom stereocenters. The van der Waals surface area contributed by atoms with Crippen molar-refractivity contribution in [3.63, 3.8) is 0 Å². The highest BCUT2D eigenvalue weighted by molar-refractivity contribution is 4.46. The first kappa shape index (κ1) is 13.5. The molecule has 0 rings (SSSR count). The third-order valence-corrected chi connectivity index (χ3v) is 1.37. The normalized spacial score (nSPS) is 11.7. The van der Waals surface area contributed by atoms with Gasteiger partial charge in [-0.25, -0.2) is 0 Å². The van der Waals surface area contributed by atoms with Crippen LogP contribution in [0.2, 0.25) is 0 Å². The van der Waals surface area contributed by atoms with Crippen LogP contribution in [0.25, 0.3) is 0 Å². The third-order valence-electron chi connectivity index (χ3n) is 1.37. The Morgan fingerprint density at radius 1 is 1.18 bits per heavy atom. The maximum Gasteiger partial charge on any atom is 0.0543 e. The quantitative estimate of drug-likeness (QED) is 0.610. The molecular formula is C10H24O. The van der Waals surface area contributed by atoms with E-state index in [2.05, 4.69) is 27.7 Å². The molecule has 11 heavy (non-hydrogen) atoms. The maximum atomic E-state index is 5.05. The number of rotatable bonds is 4. The molecule has 0 spiro atoms. The molecule has 0 amide bonds. The molecule has 0 aromatic rings. The molecule has 0 aromatic carbocycles. The van der Waals surface area contributed by atoms with Gasteiger partial charge >= 0.3 is 0 Å². The molecule has 0 radical (unpaired) electrons. The summed E-state index contributed by atoms with van der Waals surface area (Å²) in [6.45, 7) is 8.55. The number of hydrogen-bond donors (Lipinski definition) is 0. The average Bonchev–Trinajstić information content (AvgIpc) is 2.02. The minimum Gasteiger partial charge on any atom is -0.382 e. The Labute approximate surface area is 72.1 Å². The predicted octanol–water partition coefficient (Wildman–Crippen LogP) is 3.63. The van der Waals surface area contributed by atoms with E-state index in [1.807, 2.05) is 0 Å². The first-order chi connectivity index (χ1) is 5.22. The Bertz CT molecular complexity index is 52.8. The van der Waals surface area contributed by atoms with Crippen LogP contribution in [0, 0.1) is 0 Å². The first-order valence-corrected chi connectivity index (χ1v) is 4.75. The van der Waals surface area contributed by atoms with Crippen molar-refractivity contribution in [2.75, 3.05) is 7.11 Å². The van der Waals surface area contributed by atoms with Gasteiger partial charge in [0.2, 0.25) is 0 Å². The van der Waals surface area contributed by atoms with E-state index in [0.717, 1.165) is 0 Å².